The largest absolute Gasteiger partial charge is 0.327 e. The van der Waals surface area contributed by atoms with Gasteiger partial charge in [-0.25, -0.2) is 4.39 Å². The van der Waals surface area contributed by atoms with Gasteiger partial charge in [0.25, 0.3) is 0 Å². The number of nitrogens with zero attached hydrogens (tertiary/aromatic N) is 2. The second kappa shape index (κ2) is 2.29. The highest BCUT2D eigenvalue weighted by atomic mass is 19.1. The molecule has 4 heteroatoms. The van der Waals surface area contributed by atoms with Crippen molar-refractivity contribution in [2.45, 2.75) is 24.6 Å². The molecule has 2 N–H and O–H groups in total. The van der Waals surface area contributed by atoms with Crippen LogP contribution in [0, 0.1) is 0 Å². The lowest BCUT2D eigenvalue weighted by atomic mass is 9.76. The van der Waals surface area contributed by atoms with Gasteiger partial charge in [0.1, 0.15) is 0 Å². The van der Waals surface area contributed by atoms with E-state index < -0.39 is 5.67 Å². The van der Waals surface area contributed by atoms with Gasteiger partial charge in [0.05, 0.1) is 5.69 Å². The van der Waals surface area contributed by atoms with Gasteiger partial charge in [-0.05, 0) is 6.07 Å². The Morgan fingerprint density at radius 3 is 2.83 bits per heavy atom. The van der Waals surface area contributed by atoms with E-state index >= 15 is 0 Å². The highest BCUT2D eigenvalue weighted by Gasteiger charge is 2.46. The predicted octanol–water partition coefficient (Wildman–Crippen LogP) is 0.706. The van der Waals surface area contributed by atoms with Crippen molar-refractivity contribution in [2.75, 3.05) is 0 Å². The number of hydrogen-bond acceptors (Lipinski definition) is 2. The molecule has 1 aromatic rings. The van der Waals surface area contributed by atoms with Crippen LogP contribution in [0.1, 0.15) is 18.5 Å². The van der Waals surface area contributed by atoms with E-state index in [0.717, 1.165) is 0 Å². The van der Waals surface area contributed by atoms with Crippen LogP contribution < -0.4 is 5.73 Å². The summed E-state index contributed by atoms with van der Waals surface area (Å²) >= 11 is 0. The molecular weight excluding hydrogens is 157 g/mol. The van der Waals surface area contributed by atoms with Crippen molar-refractivity contribution in [1.82, 2.24) is 9.78 Å². The van der Waals surface area contributed by atoms with Crippen LogP contribution in [0.2, 0.25) is 0 Å². The second-order valence-corrected chi connectivity index (χ2v) is 3.51. The summed E-state index contributed by atoms with van der Waals surface area (Å²) in [6.45, 7) is 0. The minimum absolute atomic E-state index is 0.0111. The van der Waals surface area contributed by atoms with Crippen LogP contribution in [-0.2, 0) is 12.7 Å². The number of alkyl halides is 1. The minimum atomic E-state index is -1.25. The molecule has 0 bridgehead atoms. The molecule has 0 radical (unpaired) electrons. The molecule has 0 aliphatic heterocycles. The van der Waals surface area contributed by atoms with Crippen LogP contribution in [0.15, 0.2) is 12.3 Å². The standard InChI is InChI=1S/C8H12FN3/c1-12-3-2-7(11-12)8(9)4-6(10)5-8/h2-3,6H,4-5,10H2,1H3. The molecule has 1 saturated carbocycles. The van der Waals surface area contributed by atoms with Crippen LogP contribution in [0.3, 0.4) is 0 Å². The molecule has 66 valence electrons. The molecule has 1 heterocycles. The first-order chi connectivity index (χ1) is 5.60. The second-order valence-electron chi connectivity index (χ2n) is 3.51. The van der Waals surface area contributed by atoms with Crippen molar-refractivity contribution in [2.24, 2.45) is 12.8 Å². The number of aryl methyl sites for hydroxylation is 1. The van der Waals surface area contributed by atoms with E-state index in [-0.39, 0.29) is 6.04 Å². The molecule has 0 aromatic carbocycles. The van der Waals surface area contributed by atoms with E-state index in [2.05, 4.69) is 5.10 Å². The Hall–Kier alpha value is -0.900. The summed E-state index contributed by atoms with van der Waals surface area (Å²) in [7, 11) is 1.78. The summed E-state index contributed by atoms with van der Waals surface area (Å²) in [5.74, 6) is 0. The van der Waals surface area contributed by atoms with Crippen molar-refractivity contribution in [3.8, 4) is 0 Å². The number of nitrogens with two attached hydrogens (primary N) is 1. The zero-order chi connectivity index (χ0) is 8.77. The Kier molecular flexibility index (Phi) is 1.48. The molecule has 0 spiro atoms. The lowest BCUT2D eigenvalue weighted by molar-refractivity contribution is 0.0355. The maximum atomic E-state index is 13.7. The summed E-state index contributed by atoms with van der Waals surface area (Å²) in [6.07, 6.45) is 2.56. The summed E-state index contributed by atoms with van der Waals surface area (Å²) < 4.78 is 15.4. The summed E-state index contributed by atoms with van der Waals surface area (Å²) in [5.41, 5.74) is 4.79. The first-order valence-electron chi connectivity index (χ1n) is 4.05. The van der Waals surface area contributed by atoms with Crippen molar-refractivity contribution in [3.63, 3.8) is 0 Å². The van der Waals surface area contributed by atoms with E-state index in [4.69, 9.17) is 5.73 Å². The lowest BCUT2D eigenvalue weighted by Crippen LogP contribution is -2.46. The van der Waals surface area contributed by atoms with Crippen LogP contribution >= 0.6 is 0 Å². The van der Waals surface area contributed by atoms with Gasteiger partial charge in [-0.1, -0.05) is 0 Å². The van der Waals surface area contributed by atoms with Gasteiger partial charge >= 0.3 is 0 Å². The fourth-order valence-corrected chi connectivity index (χ4v) is 1.63. The smallest absolute Gasteiger partial charge is 0.157 e. The highest BCUT2D eigenvalue weighted by molar-refractivity contribution is 5.17. The average molecular weight is 169 g/mol. The summed E-state index contributed by atoms with van der Waals surface area (Å²) in [6, 6.07) is 1.73. The van der Waals surface area contributed by atoms with E-state index in [0.29, 0.717) is 18.5 Å². The Morgan fingerprint density at radius 2 is 2.42 bits per heavy atom. The van der Waals surface area contributed by atoms with Crippen LogP contribution in [0.25, 0.3) is 0 Å². The first-order valence-corrected chi connectivity index (χ1v) is 4.05. The Labute approximate surface area is 70.4 Å². The van der Waals surface area contributed by atoms with Crippen LogP contribution in [-0.4, -0.2) is 15.8 Å². The average Bonchev–Trinajstić information content (AvgIpc) is 2.33. The zero-order valence-corrected chi connectivity index (χ0v) is 7.00. The van der Waals surface area contributed by atoms with Crippen molar-refractivity contribution in [3.05, 3.63) is 18.0 Å². The quantitative estimate of drug-likeness (QED) is 0.672. The molecule has 0 amide bonds. The minimum Gasteiger partial charge on any atom is -0.327 e. The Morgan fingerprint density at radius 1 is 1.75 bits per heavy atom. The molecule has 1 aliphatic rings. The SMILES string of the molecule is Cn1ccc(C2(F)CC(N)C2)n1. The Balaban J connectivity index is 2.20. The monoisotopic (exact) mass is 169 g/mol. The third-order valence-electron chi connectivity index (χ3n) is 2.34. The van der Waals surface area contributed by atoms with Crippen LogP contribution in [0.5, 0.6) is 0 Å². The van der Waals surface area contributed by atoms with E-state index in [1.165, 1.54) is 0 Å². The van der Waals surface area contributed by atoms with E-state index in [1.807, 2.05) is 0 Å². The third-order valence-corrected chi connectivity index (χ3v) is 2.34. The van der Waals surface area contributed by atoms with E-state index in [9.17, 15) is 4.39 Å². The predicted molar refractivity (Wildman–Crippen MR) is 43.2 cm³/mol. The van der Waals surface area contributed by atoms with Gasteiger partial charge in [-0.15, -0.1) is 0 Å². The zero-order valence-electron chi connectivity index (χ0n) is 7.00. The van der Waals surface area contributed by atoms with Gasteiger partial charge in [0, 0.05) is 32.1 Å². The maximum absolute atomic E-state index is 13.7. The lowest BCUT2D eigenvalue weighted by Gasteiger charge is -2.37. The third kappa shape index (κ3) is 1.03. The molecule has 2 rings (SSSR count). The molecular formula is C8H12FN3. The highest BCUT2D eigenvalue weighted by Crippen LogP contribution is 2.43. The molecule has 1 aromatic heterocycles. The van der Waals surface area contributed by atoms with Gasteiger partial charge < -0.3 is 5.73 Å². The fourth-order valence-electron chi connectivity index (χ4n) is 1.63. The van der Waals surface area contributed by atoms with Gasteiger partial charge in [-0.3, -0.25) is 4.68 Å². The van der Waals surface area contributed by atoms with Gasteiger partial charge in [0.15, 0.2) is 5.67 Å². The number of rotatable bonds is 1. The van der Waals surface area contributed by atoms with Gasteiger partial charge in [0.2, 0.25) is 0 Å². The summed E-state index contributed by atoms with van der Waals surface area (Å²) in [4.78, 5) is 0. The maximum Gasteiger partial charge on any atom is 0.157 e. The molecule has 3 nitrogen and oxygen atoms in total. The Bertz CT molecular complexity index is 288. The molecule has 0 unspecified atom stereocenters. The number of halogens is 1. The molecule has 1 fully saturated rings. The van der Waals surface area contributed by atoms with Crippen molar-refractivity contribution < 1.29 is 4.39 Å². The molecule has 0 saturated heterocycles. The number of hydrogen-bond donors (Lipinski definition) is 1. The van der Waals surface area contributed by atoms with Crippen molar-refractivity contribution in [1.29, 1.82) is 0 Å². The summed E-state index contributed by atoms with van der Waals surface area (Å²) in [5, 5.41) is 4.03. The topological polar surface area (TPSA) is 43.8 Å². The molecule has 12 heavy (non-hydrogen) atoms. The van der Waals surface area contributed by atoms with Gasteiger partial charge in [-0.2, -0.15) is 5.10 Å². The molecule has 1 aliphatic carbocycles. The molecule has 0 atom stereocenters. The fraction of sp³-hybridized carbons (Fsp3) is 0.625. The normalized spacial score (nSPS) is 34.8. The van der Waals surface area contributed by atoms with E-state index in [1.54, 1.807) is 24.0 Å². The number of aromatic nitrogens is 2. The first kappa shape index (κ1) is 7.73. The van der Waals surface area contributed by atoms with Crippen LogP contribution in [0.4, 0.5) is 4.39 Å². The van der Waals surface area contributed by atoms with Crippen molar-refractivity contribution >= 4 is 0 Å².